The van der Waals surface area contributed by atoms with Gasteiger partial charge in [0.2, 0.25) is 0 Å². The second-order valence-electron chi connectivity index (χ2n) is 5.01. The lowest BCUT2D eigenvalue weighted by Gasteiger charge is -2.14. The Labute approximate surface area is 90.9 Å². The minimum absolute atomic E-state index is 0.0252. The monoisotopic (exact) mass is 209 g/mol. The molecule has 0 saturated heterocycles. The van der Waals surface area contributed by atoms with Crippen molar-refractivity contribution in [1.29, 1.82) is 0 Å². The summed E-state index contributed by atoms with van der Waals surface area (Å²) < 4.78 is 1.78. The maximum atomic E-state index is 11.7. The molecule has 0 saturated carbocycles. The van der Waals surface area contributed by atoms with Gasteiger partial charge in [0, 0.05) is 32.8 Å². The third-order valence-electron chi connectivity index (χ3n) is 2.24. The minimum atomic E-state index is -0.0620. The standard InChI is InChI=1S/C11H19N3O/c1-11(2,3)8-7-14(6)9(12-8)10(15)13(4)5/h7H,1-6H3. The minimum Gasteiger partial charge on any atom is -0.342 e. The van der Waals surface area contributed by atoms with Crippen molar-refractivity contribution in [3.8, 4) is 0 Å². The predicted octanol–water partition coefficient (Wildman–Crippen LogP) is 1.42. The number of hydrogen-bond donors (Lipinski definition) is 0. The van der Waals surface area contributed by atoms with Crippen LogP contribution in [0.4, 0.5) is 0 Å². The van der Waals surface area contributed by atoms with Crippen LogP contribution < -0.4 is 0 Å². The first-order chi connectivity index (χ1) is 6.73. The quantitative estimate of drug-likeness (QED) is 0.701. The Bertz CT molecular complexity index is 372. The fraction of sp³-hybridized carbons (Fsp3) is 0.636. The third-order valence-corrected chi connectivity index (χ3v) is 2.24. The lowest BCUT2D eigenvalue weighted by Crippen LogP contribution is -2.25. The van der Waals surface area contributed by atoms with Crippen LogP contribution in [0.3, 0.4) is 0 Å². The molecule has 0 aliphatic heterocycles. The van der Waals surface area contributed by atoms with Crippen molar-refractivity contribution in [2.24, 2.45) is 7.05 Å². The largest absolute Gasteiger partial charge is 0.342 e. The number of hydrogen-bond acceptors (Lipinski definition) is 2. The van der Waals surface area contributed by atoms with E-state index in [1.54, 1.807) is 18.7 Å². The SMILES string of the molecule is CN(C)C(=O)c1nc(C(C)(C)C)cn1C. The van der Waals surface area contributed by atoms with Crippen molar-refractivity contribution >= 4 is 5.91 Å². The van der Waals surface area contributed by atoms with Crippen LogP contribution in [0, 0.1) is 0 Å². The second kappa shape index (κ2) is 3.68. The summed E-state index contributed by atoms with van der Waals surface area (Å²) in [5.41, 5.74) is 0.915. The zero-order chi connectivity index (χ0) is 11.8. The van der Waals surface area contributed by atoms with E-state index >= 15 is 0 Å². The Morgan fingerprint density at radius 1 is 1.40 bits per heavy atom. The van der Waals surface area contributed by atoms with Crippen molar-refractivity contribution in [3.63, 3.8) is 0 Å². The number of rotatable bonds is 1. The summed E-state index contributed by atoms with van der Waals surface area (Å²) in [7, 11) is 5.31. The molecular formula is C11H19N3O. The Kier molecular flexibility index (Phi) is 2.88. The van der Waals surface area contributed by atoms with Gasteiger partial charge in [0.15, 0.2) is 5.82 Å². The highest BCUT2D eigenvalue weighted by Gasteiger charge is 2.22. The molecule has 1 aromatic rings. The number of imidazole rings is 1. The summed E-state index contributed by atoms with van der Waals surface area (Å²) in [4.78, 5) is 17.7. The molecule has 1 rings (SSSR count). The molecule has 0 radical (unpaired) electrons. The highest BCUT2D eigenvalue weighted by atomic mass is 16.2. The molecule has 1 aromatic heterocycles. The van der Waals surface area contributed by atoms with Crippen LogP contribution in [0.2, 0.25) is 0 Å². The highest BCUT2D eigenvalue weighted by molar-refractivity contribution is 5.90. The lowest BCUT2D eigenvalue weighted by molar-refractivity contribution is 0.0812. The van der Waals surface area contributed by atoms with Gasteiger partial charge in [0.05, 0.1) is 5.69 Å². The van der Waals surface area contributed by atoms with Crippen molar-refractivity contribution in [2.45, 2.75) is 26.2 Å². The van der Waals surface area contributed by atoms with Crippen LogP contribution in [-0.4, -0.2) is 34.5 Å². The van der Waals surface area contributed by atoms with Gasteiger partial charge in [-0.3, -0.25) is 4.79 Å². The van der Waals surface area contributed by atoms with E-state index in [-0.39, 0.29) is 11.3 Å². The molecule has 15 heavy (non-hydrogen) atoms. The van der Waals surface area contributed by atoms with E-state index in [0.29, 0.717) is 5.82 Å². The molecule has 1 amide bonds. The molecule has 4 heteroatoms. The molecule has 0 aromatic carbocycles. The summed E-state index contributed by atoms with van der Waals surface area (Å²) in [6.07, 6.45) is 1.91. The molecule has 0 bridgehead atoms. The summed E-state index contributed by atoms with van der Waals surface area (Å²) in [5, 5.41) is 0. The molecule has 0 atom stereocenters. The fourth-order valence-corrected chi connectivity index (χ4v) is 1.23. The van der Waals surface area contributed by atoms with Crippen LogP contribution in [0.5, 0.6) is 0 Å². The molecule has 84 valence electrons. The van der Waals surface area contributed by atoms with Gasteiger partial charge in [-0.05, 0) is 0 Å². The highest BCUT2D eigenvalue weighted by Crippen LogP contribution is 2.21. The van der Waals surface area contributed by atoms with Gasteiger partial charge in [-0.25, -0.2) is 4.98 Å². The average Bonchev–Trinajstić information content (AvgIpc) is 2.45. The first-order valence-electron chi connectivity index (χ1n) is 4.99. The van der Waals surface area contributed by atoms with Crippen LogP contribution in [0.25, 0.3) is 0 Å². The third kappa shape index (κ3) is 2.37. The van der Waals surface area contributed by atoms with E-state index in [4.69, 9.17) is 0 Å². The Morgan fingerprint density at radius 2 is 1.93 bits per heavy atom. The maximum Gasteiger partial charge on any atom is 0.289 e. The predicted molar refractivity (Wildman–Crippen MR) is 59.9 cm³/mol. The molecule has 0 N–H and O–H groups in total. The van der Waals surface area contributed by atoms with Crippen molar-refractivity contribution in [1.82, 2.24) is 14.5 Å². The number of nitrogens with zero attached hydrogens (tertiary/aromatic N) is 3. The molecule has 0 fully saturated rings. The summed E-state index contributed by atoms with van der Waals surface area (Å²) in [5.74, 6) is 0.429. The second-order valence-corrected chi connectivity index (χ2v) is 5.01. The zero-order valence-corrected chi connectivity index (χ0v) is 10.3. The summed E-state index contributed by atoms with van der Waals surface area (Å²) in [6, 6.07) is 0. The number of carbonyl (C=O) groups is 1. The maximum absolute atomic E-state index is 11.7. The zero-order valence-electron chi connectivity index (χ0n) is 10.3. The number of aryl methyl sites for hydroxylation is 1. The Morgan fingerprint density at radius 3 is 2.27 bits per heavy atom. The number of aromatic nitrogens is 2. The van der Waals surface area contributed by atoms with Crippen molar-refractivity contribution < 1.29 is 4.79 Å². The Hall–Kier alpha value is -1.32. The van der Waals surface area contributed by atoms with E-state index in [0.717, 1.165) is 5.69 Å². The smallest absolute Gasteiger partial charge is 0.289 e. The van der Waals surface area contributed by atoms with Crippen LogP contribution in [0.1, 0.15) is 37.1 Å². The van der Waals surface area contributed by atoms with Crippen LogP contribution >= 0.6 is 0 Å². The molecule has 0 aliphatic rings. The van der Waals surface area contributed by atoms with Gasteiger partial charge in [0.25, 0.3) is 5.91 Å². The average molecular weight is 209 g/mol. The fourth-order valence-electron chi connectivity index (χ4n) is 1.23. The van der Waals surface area contributed by atoms with Crippen molar-refractivity contribution in [2.75, 3.05) is 14.1 Å². The van der Waals surface area contributed by atoms with Gasteiger partial charge in [-0.1, -0.05) is 20.8 Å². The first-order valence-corrected chi connectivity index (χ1v) is 4.99. The van der Waals surface area contributed by atoms with Gasteiger partial charge < -0.3 is 9.47 Å². The van der Waals surface area contributed by atoms with Crippen molar-refractivity contribution in [3.05, 3.63) is 17.7 Å². The van der Waals surface area contributed by atoms with Gasteiger partial charge in [-0.2, -0.15) is 0 Å². The van der Waals surface area contributed by atoms with E-state index in [1.807, 2.05) is 13.2 Å². The Balaban J connectivity index is 3.13. The van der Waals surface area contributed by atoms with E-state index < -0.39 is 0 Å². The van der Waals surface area contributed by atoms with E-state index in [9.17, 15) is 4.79 Å². The van der Waals surface area contributed by atoms with E-state index in [1.165, 1.54) is 4.90 Å². The summed E-state index contributed by atoms with van der Waals surface area (Å²) in [6.45, 7) is 6.25. The molecule has 1 heterocycles. The molecule has 0 spiro atoms. The summed E-state index contributed by atoms with van der Waals surface area (Å²) >= 11 is 0. The first kappa shape index (κ1) is 11.8. The lowest BCUT2D eigenvalue weighted by atomic mass is 9.93. The molecule has 4 nitrogen and oxygen atoms in total. The molecule has 0 unspecified atom stereocenters. The normalized spacial score (nSPS) is 11.6. The van der Waals surface area contributed by atoms with Gasteiger partial charge >= 0.3 is 0 Å². The number of carbonyl (C=O) groups excluding carboxylic acids is 1. The molecular weight excluding hydrogens is 190 g/mol. The van der Waals surface area contributed by atoms with Crippen LogP contribution in [0.15, 0.2) is 6.20 Å². The topological polar surface area (TPSA) is 38.1 Å². The van der Waals surface area contributed by atoms with Gasteiger partial charge in [-0.15, -0.1) is 0 Å². The van der Waals surface area contributed by atoms with Gasteiger partial charge in [0.1, 0.15) is 0 Å². The molecule has 0 aliphatic carbocycles. The van der Waals surface area contributed by atoms with E-state index in [2.05, 4.69) is 25.8 Å². The van der Waals surface area contributed by atoms with Crippen LogP contribution in [-0.2, 0) is 12.5 Å². The number of amides is 1.